The van der Waals surface area contributed by atoms with Gasteiger partial charge < -0.3 is 4.90 Å². The zero-order valence-electron chi connectivity index (χ0n) is 16.0. The van der Waals surface area contributed by atoms with Crippen molar-refractivity contribution in [2.45, 2.75) is 25.8 Å². The number of anilines is 1. The molecule has 4 aromatic rings. The molecule has 0 N–H and O–H groups in total. The van der Waals surface area contributed by atoms with Crippen LogP contribution >= 0.6 is 0 Å². The zero-order valence-corrected chi connectivity index (χ0v) is 16.0. The van der Waals surface area contributed by atoms with Gasteiger partial charge in [-0.2, -0.15) is 5.10 Å². The van der Waals surface area contributed by atoms with Gasteiger partial charge in [0.15, 0.2) is 5.82 Å². The first kappa shape index (κ1) is 16.9. The normalized spacial score (nSPS) is 16.9. The fourth-order valence-corrected chi connectivity index (χ4v) is 4.26. The maximum atomic E-state index is 12.9. The van der Waals surface area contributed by atoms with E-state index >= 15 is 0 Å². The van der Waals surface area contributed by atoms with Crippen molar-refractivity contribution in [3.63, 3.8) is 0 Å². The highest BCUT2D eigenvalue weighted by Crippen LogP contribution is 2.37. The van der Waals surface area contributed by atoms with Crippen LogP contribution in [0, 0.1) is 6.92 Å². The molecule has 0 radical (unpaired) electrons. The highest BCUT2D eigenvalue weighted by atomic mass is 16.1. The number of hydrogen-bond acceptors (Lipinski definition) is 5. The third-order valence-corrected chi connectivity index (χ3v) is 5.69. The number of aromatic nitrogens is 4. The molecule has 6 nitrogen and oxygen atoms in total. The molecule has 5 rings (SSSR count). The van der Waals surface area contributed by atoms with Crippen molar-refractivity contribution in [1.29, 1.82) is 0 Å². The Kier molecular flexibility index (Phi) is 3.86. The molecule has 0 bridgehead atoms. The van der Waals surface area contributed by atoms with Crippen LogP contribution in [0.4, 0.5) is 5.82 Å². The van der Waals surface area contributed by atoms with Gasteiger partial charge in [-0.05, 0) is 31.9 Å². The van der Waals surface area contributed by atoms with Gasteiger partial charge in [0, 0.05) is 24.4 Å². The van der Waals surface area contributed by atoms with Gasteiger partial charge in [0.05, 0.1) is 22.6 Å². The summed E-state index contributed by atoms with van der Waals surface area (Å²) < 4.78 is 1.69. The first-order valence-electron chi connectivity index (χ1n) is 9.59. The van der Waals surface area contributed by atoms with Crippen molar-refractivity contribution in [3.8, 4) is 0 Å². The molecule has 2 aromatic heterocycles. The molecule has 1 fully saturated rings. The Morgan fingerprint density at radius 1 is 0.964 bits per heavy atom. The van der Waals surface area contributed by atoms with Crippen LogP contribution in [-0.2, 0) is 7.05 Å². The molecule has 0 saturated carbocycles. The van der Waals surface area contributed by atoms with Crippen LogP contribution in [0.25, 0.3) is 21.7 Å². The molecule has 0 amide bonds. The van der Waals surface area contributed by atoms with Crippen molar-refractivity contribution in [3.05, 3.63) is 70.4 Å². The van der Waals surface area contributed by atoms with E-state index in [1.165, 1.54) is 0 Å². The lowest BCUT2D eigenvalue weighted by Crippen LogP contribution is -2.31. The molecule has 2 aromatic carbocycles. The first-order valence-corrected chi connectivity index (χ1v) is 9.59. The van der Waals surface area contributed by atoms with Gasteiger partial charge in [-0.3, -0.25) is 9.36 Å². The summed E-state index contributed by atoms with van der Waals surface area (Å²) in [5, 5.41) is 11.8. The summed E-state index contributed by atoms with van der Waals surface area (Å²) in [7, 11) is 1.81. The number of para-hydroxylation sites is 1. The van der Waals surface area contributed by atoms with Gasteiger partial charge in [-0.15, -0.1) is 5.10 Å². The fraction of sp³-hybridized carbons (Fsp3) is 0.273. The molecular weight excluding hydrogens is 350 g/mol. The third kappa shape index (κ3) is 2.48. The van der Waals surface area contributed by atoms with Crippen LogP contribution < -0.4 is 10.5 Å². The lowest BCUT2D eigenvalue weighted by molar-refractivity contribution is 0.606. The van der Waals surface area contributed by atoms with E-state index in [2.05, 4.69) is 27.2 Å². The van der Waals surface area contributed by atoms with Crippen molar-refractivity contribution >= 4 is 27.5 Å². The molecule has 6 heteroatoms. The molecule has 1 atom stereocenters. The first-order chi connectivity index (χ1) is 13.6. The minimum Gasteiger partial charge on any atom is -0.344 e. The molecule has 3 heterocycles. The van der Waals surface area contributed by atoms with E-state index in [4.69, 9.17) is 4.98 Å². The minimum atomic E-state index is -0.00713. The number of rotatable bonds is 2. The summed E-state index contributed by atoms with van der Waals surface area (Å²) in [6, 6.07) is 15.8. The average Bonchev–Trinajstić information content (AvgIpc) is 3.20. The number of aryl methyl sites for hydroxylation is 1. The van der Waals surface area contributed by atoms with Crippen LogP contribution in [0.2, 0.25) is 0 Å². The van der Waals surface area contributed by atoms with Crippen molar-refractivity contribution in [2.75, 3.05) is 11.4 Å². The van der Waals surface area contributed by atoms with Crippen LogP contribution in [0.15, 0.2) is 53.3 Å². The van der Waals surface area contributed by atoms with Crippen LogP contribution in [0.5, 0.6) is 0 Å². The predicted molar refractivity (Wildman–Crippen MR) is 111 cm³/mol. The topological polar surface area (TPSA) is 63.9 Å². The van der Waals surface area contributed by atoms with Crippen LogP contribution in [0.3, 0.4) is 0 Å². The predicted octanol–water partition coefficient (Wildman–Crippen LogP) is 3.53. The van der Waals surface area contributed by atoms with Gasteiger partial charge in [-0.25, -0.2) is 4.98 Å². The van der Waals surface area contributed by atoms with Gasteiger partial charge >= 0.3 is 0 Å². The largest absolute Gasteiger partial charge is 0.344 e. The highest BCUT2D eigenvalue weighted by Gasteiger charge is 2.32. The van der Waals surface area contributed by atoms with E-state index in [1.807, 2.05) is 50.4 Å². The summed E-state index contributed by atoms with van der Waals surface area (Å²) in [5.74, 6) is 1.65. The standard InChI is InChI=1S/C22H21N5O/c1-14-15-8-3-4-9-16(15)20(25-24-14)27-13-7-12-19(27)21-23-18-11-6-5-10-17(18)22(28)26(21)2/h3-6,8-11,19H,7,12-13H2,1-2H3. The number of benzene rings is 2. The van der Waals surface area contributed by atoms with Gasteiger partial charge in [0.2, 0.25) is 0 Å². The smallest absolute Gasteiger partial charge is 0.261 e. The molecule has 0 spiro atoms. The zero-order chi connectivity index (χ0) is 19.3. The van der Waals surface area contributed by atoms with Gasteiger partial charge in [0.1, 0.15) is 5.82 Å². The minimum absolute atomic E-state index is 0.00252. The molecule has 140 valence electrons. The van der Waals surface area contributed by atoms with E-state index in [1.54, 1.807) is 4.57 Å². The maximum absolute atomic E-state index is 12.9. The molecule has 1 saturated heterocycles. The SMILES string of the molecule is Cc1nnc(N2CCCC2c2nc3ccccc3c(=O)n2C)c2ccccc12. The Labute approximate surface area is 162 Å². The molecule has 1 unspecified atom stereocenters. The molecule has 0 aliphatic carbocycles. The second kappa shape index (κ2) is 6.41. The van der Waals surface area contributed by atoms with E-state index in [-0.39, 0.29) is 11.6 Å². The maximum Gasteiger partial charge on any atom is 0.261 e. The molecule has 28 heavy (non-hydrogen) atoms. The summed E-state index contributed by atoms with van der Waals surface area (Å²) in [6.45, 7) is 2.85. The Morgan fingerprint density at radius 2 is 1.68 bits per heavy atom. The quantitative estimate of drug-likeness (QED) is 0.539. The van der Waals surface area contributed by atoms with Crippen molar-refractivity contribution in [1.82, 2.24) is 19.7 Å². The third-order valence-electron chi connectivity index (χ3n) is 5.69. The lowest BCUT2D eigenvalue weighted by atomic mass is 10.1. The summed E-state index contributed by atoms with van der Waals surface area (Å²) in [4.78, 5) is 20.0. The summed E-state index contributed by atoms with van der Waals surface area (Å²) in [6.07, 6.45) is 1.96. The monoisotopic (exact) mass is 371 g/mol. The second-order valence-corrected chi connectivity index (χ2v) is 7.36. The van der Waals surface area contributed by atoms with Crippen LogP contribution in [0.1, 0.15) is 30.4 Å². The van der Waals surface area contributed by atoms with E-state index < -0.39 is 0 Å². The van der Waals surface area contributed by atoms with E-state index in [0.717, 1.165) is 53.0 Å². The summed E-state index contributed by atoms with van der Waals surface area (Å²) >= 11 is 0. The number of hydrogen-bond donors (Lipinski definition) is 0. The van der Waals surface area contributed by atoms with E-state index in [0.29, 0.717) is 5.39 Å². The average molecular weight is 371 g/mol. The van der Waals surface area contributed by atoms with Crippen LogP contribution in [-0.4, -0.2) is 26.3 Å². The Hall–Kier alpha value is -3.28. The molecule has 1 aliphatic rings. The Balaban J connectivity index is 1.69. The van der Waals surface area contributed by atoms with Gasteiger partial charge in [-0.1, -0.05) is 36.4 Å². The summed E-state index contributed by atoms with van der Waals surface area (Å²) in [5.41, 5.74) is 1.66. The number of fused-ring (bicyclic) bond motifs is 2. The second-order valence-electron chi connectivity index (χ2n) is 7.36. The van der Waals surface area contributed by atoms with E-state index in [9.17, 15) is 4.79 Å². The molecular formula is C22H21N5O. The Bertz CT molecular complexity index is 1260. The van der Waals surface area contributed by atoms with Crippen molar-refractivity contribution < 1.29 is 0 Å². The lowest BCUT2D eigenvalue weighted by Gasteiger charge is -2.27. The van der Waals surface area contributed by atoms with Gasteiger partial charge in [0.25, 0.3) is 5.56 Å². The Morgan fingerprint density at radius 3 is 2.50 bits per heavy atom. The van der Waals surface area contributed by atoms with Crippen molar-refractivity contribution in [2.24, 2.45) is 7.05 Å². The fourth-order valence-electron chi connectivity index (χ4n) is 4.26. The molecule has 1 aliphatic heterocycles. The highest BCUT2D eigenvalue weighted by molar-refractivity contribution is 5.93. The number of nitrogens with zero attached hydrogens (tertiary/aromatic N) is 5.